The van der Waals surface area contributed by atoms with Gasteiger partial charge < -0.3 is 4.74 Å². The van der Waals surface area contributed by atoms with Gasteiger partial charge in [-0.3, -0.25) is 10.3 Å². The highest BCUT2D eigenvalue weighted by Gasteiger charge is 2.40. The number of ether oxygens (including phenoxy) is 1. The van der Waals surface area contributed by atoms with Crippen LogP contribution in [0, 0.1) is 0 Å². The molecule has 0 unspecified atom stereocenters. The Labute approximate surface area is 185 Å². The van der Waals surface area contributed by atoms with Gasteiger partial charge in [-0.05, 0) is 48.0 Å². The lowest BCUT2D eigenvalue weighted by Crippen LogP contribution is -2.20. The Morgan fingerprint density at radius 2 is 1.75 bits per heavy atom. The Hall–Kier alpha value is -3.85. The van der Waals surface area contributed by atoms with Gasteiger partial charge >= 0.3 is 12.3 Å². The first kappa shape index (κ1) is 21.4. The summed E-state index contributed by atoms with van der Waals surface area (Å²) in [5.41, 5.74) is 0.811. The van der Waals surface area contributed by atoms with Crippen molar-refractivity contribution in [1.29, 1.82) is 0 Å². The molecule has 4 aromatic rings. The number of hydrogen-bond donors (Lipinski definition) is 1. The molecule has 0 fully saturated rings. The molecule has 0 aliphatic heterocycles. The molecule has 1 amide bonds. The van der Waals surface area contributed by atoms with Crippen LogP contribution in [0.2, 0.25) is 5.02 Å². The predicted molar refractivity (Wildman–Crippen MR) is 113 cm³/mol. The van der Waals surface area contributed by atoms with Gasteiger partial charge in [0.15, 0.2) is 11.4 Å². The van der Waals surface area contributed by atoms with Gasteiger partial charge in [0, 0.05) is 28.7 Å². The minimum absolute atomic E-state index is 0.112. The first-order valence-electron chi connectivity index (χ1n) is 9.22. The van der Waals surface area contributed by atoms with E-state index in [4.69, 9.17) is 16.3 Å². The van der Waals surface area contributed by atoms with Gasteiger partial charge in [-0.15, -0.1) is 0 Å². The van der Waals surface area contributed by atoms with Crippen molar-refractivity contribution in [3.63, 3.8) is 0 Å². The van der Waals surface area contributed by atoms with Crippen LogP contribution in [0.4, 0.5) is 23.7 Å². The number of amides is 1. The summed E-state index contributed by atoms with van der Waals surface area (Å²) in [6.07, 6.45) is -1.80. The predicted octanol–water partition coefficient (Wildman–Crippen LogP) is 6.22. The molecule has 0 atom stereocenters. The Kier molecular flexibility index (Phi) is 5.83. The number of alkyl halides is 3. The van der Waals surface area contributed by atoms with Crippen LogP contribution < -0.4 is 10.1 Å². The zero-order chi connectivity index (χ0) is 22.7. The van der Waals surface area contributed by atoms with E-state index in [2.05, 4.69) is 15.4 Å². The highest BCUT2D eigenvalue weighted by atomic mass is 35.5. The van der Waals surface area contributed by atoms with Crippen LogP contribution >= 0.6 is 11.6 Å². The van der Waals surface area contributed by atoms with E-state index >= 15 is 0 Å². The minimum atomic E-state index is -4.83. The van der Waals surface area contributed by atoms with Crippen LogP contribution in [-0.4, -0.2) is 20.9 Å². The third-order valence-corrected chi connectivity index (χ3v) is 4.63. The van der Waals surface area contributed by atoms with Gasteiger partial charge in [-0.1, -0.05) is 29.8 Å². The summed E-state index contributed by atoms with van der Waals surface area (Å²) in [7, 11) is 0. The molecule has 0 saturated carbocycles. The van der Waals surface area contributed by atoms with Crippen LogP contribution in [0.15, 0.2) is 79.3 Å². The van der Waals surface area contributed by atoms with Gasteiger partial charge in [-0.2, -0.15) is 18.3 Å². The molecule has 0 spiro atoms. The van der Waals surface area contributed by atoms with E-state index in [1.54, 1.807) is 36.7 Å². The zero-order valence-electron chi connectivity index (χ0n) is 16.2. The molecule has 2 aromatic heterocycles. The molecule has 0 bridgehead atoms. The van der Waals surface area contributed by atoms with Crippen LogP contribution in [0.3, 0.4) is 0 Å². The third-order valence-electron chi connectivity index (χ3n) is 4.38. The number of carbonyl (C=O) groups is 1. The largest absolute Gasteiger partial charge is 0.437 e. The normalized spacial score (nSPS) is 11.2. The Balaban J connectivity index is 1.57. The number of anilines is 1. The maximum Gasteiger partial charge on any atom is 0.437 e. The fraction of sp³-hybridized carbons (Fsp3) is 0.0455. The third kappa shape index (κ3) is 4.73. The van der Waals surface area contributed by atoms with Crippen molar-refractivity contribution in [3.8, 4) is 22.6 Å². The van der Waals surface area contributed by atoms with E-state index in [9.17, 15) is 18.0 Å². The van der Waals surface area contributed by atoms with Crippen molar-refractivity contribution in [1.82, 2.24) is 14.8 Å². The molecule has 0 radical (unpaired) electrons. The Morgan fingerprint density at radius 1 is 1.00 bits per heavy atom. The number of nitrogens with one attached hydrogen (secondary N) is 1. The van der Waals surface area contributed by atoms with Crippen LogP contribution in [0.25, 0.3) is 16.8 Å². The van der Waals surface area contributed by atoms with Gasteiger partial charge in [0.05, 0.1) is 11.9 Å². The molecule has 6 nitrogen and oxygen atoms in total. The smallest absolute Gasteiger partial charge is 0.406 e. The number of carbonyl (C=O) groups excluding carboxylic acids is 1. The average molecular weight is 459 g/mol. The maximum absolute atomic E-state index is 13.7. The second-order valence-electron chi connectivity index (χ2n) is 6.58. The average Bonchev–Trinajstić information content (AvgIpc) is 3.19. The molecule has 10 heteroatoms. The molecular formula is C22H14ClF3N4O2. The molecule has 1 N–H and O–H groups in total. The monoisotopic (exact) mass is 458 g/mol. The first-order valence-corrected chi connectivity index (χ1v) is 9.59. The highest BCUT2D eigenvalue weighted by Crippen LogP contribution is 2.38. The van der Waals surface area contributed by atoms with Crippen molar-refractivity contribution in [2.75, 3.05) is 5.32 Å². The Bertz CT molecular complexity index is 1240. The van der Waals surface area contributed by atoms with E-state index in [-0.39, 0.29) is 5.69 Å². The van der Waals surface area contributed by atoms with E-state index in [0.29, 0.717) is 15.4 Å². The molecule has 2 aromatic carbocycles. The van der Waals surface area contributed by atoms with Gasteiger partial charge in [0.1, 0.15) is 0 Å². The van der Waals surface area contributed by atoms with Crippen molar-refractivity contribution in [2.24, 2.45) is 0 Å². The topological polar surface area (TPSA) is 69.0 Å². The fourth-order valence-corrected chi connectivity index (χ4v) is 3.13. The van der Waals surface area contributed by atoms with Crippen molar-refractivity contribution < 1.29 is 22.7 Å². The number of hydrogen-bond acceptors (Lipinski definition) is 4. The van der Waals surface area contributed by atoms with E-state index < -0.39 is 23.7 Å². The van der Waals surface area contributed by atoms with Crippen molar-refractivity contribution in [2.45, 2.75) is 6.18 Å². The summed E-state index contributed by atoms with van der Waals surface area (Å²) in [4.78, 5) is 16.4. The second kappa shape index (κ2) is 8.72. The number of aromatic nitrogens is 3. The summed E-state index contributed by atoms with van der Waals surface area (Å²) >= 11 is 5.80. The molecule has 162 valence electrons. The lowest BCUT2D eigenvalue weighted by molar-refractivity contribution is -0.143. The van der Waals surface area contributed by atoms with Gasteiger partial charge in [-0.25, -0.2) is 9.48 Å². The number of pyridine rings is 1. The maximum atomic E-state index is 13.7. The van der Waals surface area contributed by atoms with E-state index in [1.807, 2.05) is 12.1 Å². The van der Waals surface area contributed by atoms with Crippen molar-refractivity contribution in [3.05, 3.63) is 90.0 Å². The number of halogens is 4. The standard InChI is InChI=1S/C22H14ClF3N4O2/c23-16-6-8-18(9-7-16)30-20(22(24,25)26)19(13-28-30)32-21(31)29-17-5-1-3-14(11-17)15-4-2-10-27-12-15/h1-13H,(H,29,31). The molecule has 32 heavy (non-hydrogen) atoms. The van der Waals surface area contributed by atoms with Crippen LogP contribution in [0.5, 0.6) is 5.75 Å². The molecule has 0 aliphatic carbocycles. The zero-order valence-corrected chi connectivity index (χ0v) is 16.9. The second-order valence-corrected chi connectivity index (χ2v) is 7.02. The fourth-order valence-electron chi connectivity index (χ4n) is 3.00. The van der Waals surface area contributed by atoms with E-state index in [0.717, 1.165) is 17.3 Å². The SMILES string of the molecule is O=C(Nc1cccc(-c2cccnc2)c1)Oc1cnn(-c2ccc(Cl)cc2)c1C(F)(F)F. The van der Waals surface area contributed by atoms with E-state index in [1.165, 1.54) is 24.3 Å². The molecule has 0 saturated heterocycles. The molecule has 2 heterocycles. The molecule has 0 aliphatic rings. The minimum Gasteiger partial charge on any atom is -0.406 e. The first-order chi connectivity index (χ1) is 15.3. The van der Waals surface area contributed by atoms with Gasteiger partial charge in [0.2, 0.25) is 0 Å². The summed E-state index contributed by atoms with van der Waals surface area (Å²) in [6.45, 7) is 0. The van der Waals surface area contributed by atoms with Crippen molar-refractivity contribution >= 4 is 23.4 Å². The summed E-state index contributed by atoms with van der Waals surface area (Å²) in [5, 5.41) is 6.53. The number of nitrogens with zero attached hydrogens (tertiary/aromatic N) is 3. The summed E-state index contributed by atoms with van der Waals surface area (Å²) < 4.78 is 46.8. The lowest BCUT2D eigenvalue weighted by Gasteiger charge is -2.13. The van der Waals surface area contributed by atoms with Gasteiger partial charge in [0.25, 0.3) is 0 Å². The van der Waals surface area contributed by atoms with Crippen LogP contribution in [0.1, 0.15) is 5.69 Å². The quantitative estimate of drug-likeness (QED) is 0.394. The lowest BCUT2D eigenvalue weighted by atomic mass is 10.1. The number of benzene rings is 2. The van der Waals surface area contributed by atoms with Crippen LogP contribution in [-0.2, 0) is 6.18 Å². The molecular weight excluding hydrogens is 445 g/mol. The molecule has 4 rings (SSSR count). The summed E-state index contributed by atoms with van der Waals surface area (Å²) in [6, 6.07) is 16.0. The highest BCUT2D eigenvalue weighted by molar-refractivity contribution is 6.30. The summed E-state index contributed by atoms with van der Waals surface area (Å²) in [5.74, 6) is -0.728. The number of rotatable bonds is 4. The Morgan fingerprint density at radius 3 is 2.44 bits per heavy atom.